The van der Waals surface area contributed by atoms with Gasteiger partial charge in [-0.05, 0) is 32.0 Å². The number of halogens is 1. The summed E-state index contributed by atoms with van der Waals surface area (Å²) < 4.78 is 7.41. The number of aliphatic carboxylic acids is 1. The average Bonchev–Trinajstić information content (AvgIpc) is 2.89. The van der Waals surface area contributed by atoms with Crippen LogP contribution in [0.15, 0.2) is 34.9 Å². The van der Waals surface area contributed by atoms with E-state index >= 15 is 0 Å². The maximum absolute atomic E-state index is 12.5. The average molecular weight is 396 g/mol. The molecule has 8 heteroatoms. The van der Waals surface area contributed by atoms with Crippen molar-refractivity contribution in [1.82, 2.24) is 15.1 Å². The van der Waals surface area contributed by atoms with Crippen molar-refractivity contribution in [2.75, 3.05) is 13.7 Å². The number of carboxylic acid groups (broad SMARTS) is 1. The van der Waals surface area contributed by atoms with Crippen LogP contribution in [0, 0.1) is 6.92 Å². The third kappa shape index (κ3) is 3.65. The molecule has 0 radical (unpaired) electrons. The molecule has 1 aromatic carbocycles. The summed E-state index contributed by atoms with van der Waals surface area (Å²) in [7, 11) is 1.38. The number of ether oxygens (including phenoxy) is 1. The van der Waals surface area contributed by atoms with Gasteiger partial charge in [0.1, 0.15) is 0 Å². The van der Waals surface area contributed by atoms with Gasteiger partial charge in [-0.25, -0.2) is 9.48 Å². The van der Waals surface area contributed by atoms with Gasteiger partial charge in [0.2, 0.25) is 0 Å². The first kappa shape index (κ1) is 18.2. The zero-order chi connectivity index (χ0) is 17.9. The molecule has 0 bridgehead atoms. The molecule has 7 nitrogen and oxygen atoms in total. The summed E-state index contributed by atoms with van der Waals surface area (Å²) in [4.78, 5) is 23.9. The molecule has 2 N–H and O–H groups in total. The van der Waals surface area contributed by atoms with Crippen LogP contribution in [0.3, 0.4) is 0 Å². The second kappa shape index (κ2) is 7.14. The summed E-state index contributed by atoms with van der Waals surface area (Å²) in [5.74, 6) is -1.69. The first-order valence-corrected chi connectivity index (χ1v) is 7.93. The number of hydrogen-bond donors (Lipinski definition) is 2. The van der Waals surface area contributed by atoms with Gasteiger partial charge in [-0.15, -0.1) is 0 Å². The van der Waals surface area contributed by atoms with Gasteiger partial charge in [-0.2, -0.15) is 5.10 Å². The number of carbonyl (C=O) groups is 2. The Morgan fingerprint density at radius 2 is 2.17 bits per heavy atom. The molecule has 0 aliphatic rings. The van der Waals surface area contributed by atoms with Gasteiger partial charge in [0, 0.05) is 11.6 Å². The molecule has 0 aliphatic heterocycles. The molecule has 1 unspecified atom stereocenters. The van der Waals surface area contributed by atoms with Gasteiger partial charge in [0.05, 0.1) is 29.7 Å². The number of carbonyl (C=O) groups excluding carboxylic acids is 1. The van der Waals surface area contributed by atoms with E-state index < -0.39 is 17.4 Å². The third-order valence-electron chi connectivity index (χ3n) is 3.60. The Hall–Kier alpha value is -2.19. The van der Waals surface area contributed by atoms with Crippen LogP contribution in [-0.4, -0.2) is 46.0 Å². The first-order chi connectivity index (χ1) is 11.3. The summed E-state index contributed by atoms with van der Waals surface area (Å²) in [6.07, 6.45) is 1.42. The molecular formula is C16H18BrN3O4. The molecule has 128 valence electrons. The van der Waals surface area contributed by atoms with Crippen LogP contribution in [0.5, 0.6) is 0 Å². The van der Waals surface area contributed by atoms with Gasteiger partial charge < -0.3 is 15.2 Å². The highest BCUT2D eigenvalue weighted by atomic mass is 79.9. The Kier molecular flexibility index (Phi) is 5.40. The van der Waals surface area contributed by atoms with E-state index in [1.54, 1.807) is 11.6 Å². The van der Waals surface area contributed by atoms with E-state index in [2.05, 4.69) is 26.3 Å². The van der Waals surface area contributed by atoms with Crippen molar-refractivity contribution in [3.63, 3.8) is 0 Å². The molecular weight excluding hydrogens is 378 g/mol. The highest BCUT2D eigenvalue weighted by Gasteiger charge is 2.36. The van der Waals surface area contributed by atoms with Crippen molar-refractivity contribution in [3.8, 4) is 5.69 Å². The smallest absolute Gasteiger partial charge is 0.331 e. The molecule has 0 fully saturated rings. The number of methoxy groups -OCH3 is 1. The normalized spacial score (nSPS) is 13.3. The number of benzene rings is 1. The predicted octanol–water partition coefficient (Wildman–Crippen LogP) is 2.16. The van der Waals surface area contributed by atoms with E-state index in [1.807, 2.05) is 24.3 Å². The van der Waals surface area contributed by atoms with Crippen molar-refractivity contribution in [2.24, 2.45) is 0 Å². The van der Waals surface area contributed by atoms with Crippen molar-refractivity contribution in [3.05, 3.63) is 46.2 Å². The van der Waals surface area contributed by atoms with E-state index in [0.29, 0.717) is 11.3 Å². The molecule has 0 spiro atoms. The van der Waals surface area contributed by atoms with Gasteiger partial charge >= 0.3 is 5.97 Å². The lowest BCUT2D eigenvalue weighted by Crippen LogP contribution is -2.55. The summed E-state index contributed by atoms with van der Waals surface area (Å²) in [6, 6.07) is 7.48. The molecule has 1 atom stereocenters. The topological polar surface area (TPSA) is 93.5 Å². The van der Waals surface area contributed by atoms with Crippen LogP contribution >= 0.6 is 15.9 Å². The summed E-state index contributed by atoms with van der Waals surface area (Å²) >= 11 is 3.39. The number of aromatic nitrogens is 2. The van der Waals surface area contributed by atoms with E-state index in [9.17, 15) is 14.7 Å². The Morgan fingerprint density at radius 1 is 1.46 bits per heavy atom. The highest BCUT2D eigenvalue weighted by Crippen LogP contribution is 2.19. The Morgan fingerprint density at radius 3 is 2.75 bits per heavy atom. The molecule has 0 saturated carbocycles. The molecule has 24 heavy (non-hydrogen) atoms. The lowest BCUT2D eigenvalue weighted by Gasteiger charge is -2.25. The number of rotatable bonds is 6. The summed E-state index contributed by atoms with van der Waals surface area (Å²) in [5.41, 5.74) is 0.184. The number of nitrogens with zero attached hydrogens (tertiary/aromatic N) is 2. The standard InChI is InChI=1S/C16H18BrN3O4/c1-10-13(14(21)19-16(2,9-24-3)15(22)23)8-18-20(10)12-6-4-5-11(17)7-12/h4-8H,9H2,1-3H3,(H,19,21)(H,22,23). The van der Waals surface area contributed by atoms with E-state index in [1.165, 1.54) is 20.2 Å². The van der Waals surface area contributed by atoms with Crippen molar-refractivity contribution >= 4 is 27.8 Å². The minimum Gasteiger partial charge on any atom is -0.479 e. The minimum absolute atomic E-state index is 0.146. The molecule has 0 aliphatic carbocycles. The van der Waals surface area contributed by atoms with E-state index in [-0.39, 0.29) is 6.61 Å². The van der Waals surface area contributed by atoms with E-state index in [4.69, 9.17) is 4.74 Å². The second-order valence-electron chi connectivity index (χ2n) is 5.56. The molecule has 2 rings (SSSR count). The fourth-order valence-electron chi connectivity index (χ4n) is 2.26. The molecule has 1 heterocycles. The molecule has 1 aromatic heterocycles. The van der Waals surface area contributed by atoms with Gasteiger partial charge in [-0.3, -0.25) is 4.79 Å². The van der Waals surface area contributed by atoms with Crippen LogP contribution in [0.4, 0.5) is 0 Å². The number of hydrogen-bond acceptors (Lipinski definition) is 4. The van der Waals surface area contributed by atoms with Gasteiger partial charge in [0.15, 0.2) is 5.54 Å². The maximum Gasteiger partial charge on any atom is 0.331 e. The Bertz CT molecular complexity index is 774. The van der Waals surface area contributed by atoms with E-state index in [0.717, 1.165) is 10.2 Å². The minimum atomic E-state index is -1.52. The highest BCUT2D eigenvalue weighted by molar-refractivity contribution is 9.10. The predicted molar refractivity (Wildman–Crippen MR) is 91.4 cm³/mol. The molecule has 2 aromatic rings. The Balaban J connectivity index is 2.30. The summed E-state index contributed by atoms with van der Waals surface area (Å²) in [6.45, 7) is 2.99. The Labute approximate surface area is 147 Å². The van der Waals surface area contributed by atoms with Crippen LogP contribution in [0.1, 0.15) is 23.0 Å². The van der Waals surface area contributed by atoms with Crippen LogP contribution in [-0.2, 0) is 9.53 Å². The largest absolute Gasteiger partial charge is 0.479 e. The molecule has 1 amide bonds. The fraction of sp³-hybridized carbons (Fsp3) is 0.312. The zero-order valence-electron chi connectivity index (χ0n) is 13.5. The third-order valence-corrected chi connectivity index (χ3v) is 4.09. The number of nitrogens with one attached hydrogen (secondary N) is 1. The summed E-state index contributed by atoms with van der Waals surface area (Å²) in [5, 5.41) is 16.0. The fourth-order valence-corrected chi connectivity index (χ4v) is 2.65. The van der Waals surface area contributed by atoms with Crippen molar-refractivity contribution in [2.45, 2.75) is 19.4 Å². The van der Waals surface area contributed by atoms with Gasteiger partial charge in [0.25, 0.3) is 5.91 Å². The zero-order valence-corrected chi connectivity index (χ0v) is 15.1. The first-order valence-electron chi connectivity index (χ1n) is 7.14. The molecule has 0 saturated heterocycles. The van der Waals surface area contributed by atoms with Crippen molar-refractivity contribution < 1.29 is 19.4 Å². The maximum atomic E-state index is 12.5. The van der Waals surface area contributed by atoms with Crippen LogP contribution in [0.2, 0.25) is 0 Å². The lowest BCUT2D eigenvalue weighted by molar-refractivity contribution is -0.145. The second-order valence-corrected chi connectivity index (χ2v) is 6.48. The number of carboxylic acids is 1. The number of amides is 1. The van der Waals surface area contributed by atoms with Crippen LogP contribution in [0.25, 0.3) is 5.69 Å². The monoisotopic (exact) mass is 395 g/mol. The lowest BCUT2D eigenvalue weighted by atomic mass is 10.0. The van der Waals surface area contributed by atoms with Crippen LogP contribution < -0.4 is 5.32 Å². The quantitative estimate of drug-likeness (QED) is 0.781. The SMILES string of the molecule is COCC(C)(NC(=O)c1cnn(-c2cccc(Br)c2)c1C)C(=O)O. The van der Waals surface area contributed by atoms with Crippen molar-refractivity contribution in [1.29, 1.82) is 0 Å². The van der Waals surface area contributed by atoms with Gasteiger partial charge in [-0.1, -0.05) is 22.0 Å².